The number of likely N-dealkylation sites (tertiary alicyclic amines) is 1. The number of carbonyl (C=O) groups is 2. The summed E-state index contributed by atoms with van der Waals surface area (Å²) in [5, 5.41) is 2.74. The van der Waals surface area contributed by atoms with Crippen molar-refractivity contribution in [3.8, 4) is 0 Å². The van der Waals surface area contributed by atoms with Crippen molar-refractivity contribution in [1.29, 1.82) is 0 Å². The molecular weight excluding hydrogens is 440 g/mol. The van der Waals surface area contributed by atoms with Crippen LogP contribution in [0.1, 0.15) is 32.8 Å². The van der Waals surface area contributed by atoms with Crippen LogP contribution in [0.25, 0.3) is 0 Å². The normalized spacial score (nSPS) is 25.3. The number of hydrogen-bond donors (Lipinski definition) is 1. The molecule has 1 aromatic rings. The van der Waals surface area contributed by atoms with Crippen molar-refractivity contribution < 1.29 is 36.4 Å². The zero-order chi connectivity index (χ0) is 23.5. The van der Waals surface area contributed by atoms with Crippen molar-refractivity contribution >= 4 is 22.3 Å². The maximum atomic E-state index is 12.7. The number of benzene rings is 1. The molecule has 0 bridgehead atoms. The van der Waals surface area contributed by atoms with Gasteiger partial charge in [-0.25, -0.2) is 9.59 Å². The number of rotatable bonds is 6. The van der Waals surface area contributed by atoms with Crippen molar-refractivity contribution in [2.45, 2.75) is 63.7 Å². The van der Waals surface area contributed by atoms with Gasteiger partial charge in [0.2, 0.25) is 0 Å². The van der Waals surface area contributed by atoms with Crippen LogP contribution in [0.2, 0.25) is 0 Å². The summed E-state index contributed by atoms with van der Waals surface area (Å²) >= 11 is 0. The van der Waals surface area contributed by atoms with Gasteiger partial charge in [0.15, 0.2) is 0 Å². The fourth-order valence-corrected chi connectivity index (χ4v) is 4.22. The molecule has 0 unspecified atom stereocenters. The molecule has 1 N–H and O–H groups in total. The Kier molecular flexibility index (Phi) is 7.31. The van der Waals surface area contributed by atoms with Crippen LogP contribution in [-0.2, 0) is 35.1 Å². The lowest BCUT2D eigenvalue weighted by Gasteiger charge is -2.31. The summed E-state index contributed by atoms with van der Waals surface area (Å²) in [6.07, 6.45) is -0.946. The highest BCUT2D eigenvalue weighted by Crippen LogP contribution is 2.34. The van der Waals surface area contributed by atoms with E-state index in [2.05, 4.69) is 5.32 Å². The Bertz CT molecular complexity index is 915. The highest BCUT2D eigenvalue weighted by Gasteiger charge is 2.54. The van der Waals surface area contributed by atoms with Gasteiger partial charge in [-0.1, -0.05) is 30.3 Å². The fraction of sp³-hybridized carbons (Fsp3) is 0.619. The maximum Gasteiger partial charge on any atom is 0.410 e. The lowest BCUT2D eigenvalue weighted by atomic mass is 10.0. The topological polar surface area (TPSA) is 120 Å². The molecule has 2 aliphatic heterocycles. The highest BCUT2D eigenvalue weighted by atomic mass is 32.2. The first-order valence-electron chi connectivity index (χ1n) is 10.4. The fourth-order valence-electron chi connectivity index (χ4n) is 3.84. The van der Waals surface area contributed by atoms with Gasteiger partial charge >= 0.3 is 12.2 Å². The van der Waals surface area contributed by atoms with E-state index in [9.17, 15) is 18.0 Å². The van der Waals surface area contributed by atoms with Crippen LogP contribution < -0.4 is 5.32 Å². The van der Waals surface area contributed by atoms with Crippen molar-refractivity contribution in [1.82, 2.24) is 10.2 Å². The first-order chi connectivity index (χ1) is 14.9. The lowest BCUT2D eigenvalue weighted by molar-refractivity contribution is 0.0127. The van der Waals surface area contributed by atoms with E-state index in [1.165, 1.54) is 4.90 Å². The third-order valence-electron chi connectivity index (χ3n) is 5.09. The molecule has 1 aromatic carbocycles. The van der Waals surface area contributed by atoms with Gasteiger partial charge in [-0.3, -0.25) is 4.18 Å². The van der Waals surface area contributed by atoms with Crippen LogP contribution >= 0.6 is 0 Å². The Labute approximate surface area is 188 Å². The number of fused-ring (bicyclic) bond motifs is 1. The second-order valence-electron chi connectivity index (χ2n) is 8.89. The minimum atomic E-state index is -3.72. The summed E-state index contributed by atoms with van der Waals surface area (Å²) in [6.45, 7) is 5.46. The highest BCUT2D eigenvalue weighted by molar-refractivity contribution is 7.85. The van der Waals surface area contributed by atoms with Crippen LogP contribution in [0.3, 0.4) is 0 Å². The SMILES string of the molecule is CC(C)(C)OC(=O)N1CC[C@@H]2O[C@H](COS(C)(=O)=O)[C@H](NC(=O)OCc3ccccc3)[C@@H]21. The van der Waals surface area contributed by atoms with E-state index in [4.69, 9.17) is 18.4 Å². The molecule has 4 atom stereocenters. The van der Waals surface area contributed by atoms with E-state index in [-0.39, 0.29) is 13.2 Å². The minimum Gasteiger partial charge on any atom is -0.445 e. The van der Waals surface area contributed by atoms with E-state index < -0.39 is 52.2 Å². The van der Waals surface area contributed by atoms with E-state index in [0.29, 0.717) is 13.0 Å². The van der Waals surface area contributed by atoms with Gasteiger partial charge in [0.05, 0.1) is 31.1 Å². The van der Waals surface area contributed by atoms with Crippen molar-refractivity contribution in [3.63, 3.8) is 0 Å². The third kappa shape index (κ3) is 6.57. The molecule has 3 rings (SSSR count). The number of nitrogens with zero attached hydrogens (tertiary/aromatic N) is 1. The van der Waals surface area contributed by atoms with Crippen LogP contribution in [0, 0.1) is 0 Å². The lowest BCUT2D eigenvalue weighted by Crippen LogP contribution is -2.55. The molecule has 11 heteroatoms. The number of amides is 2. The monoisotopic (exact) mass is 470 g/mol. The first kappa shape index (κ1) is 24.3. The molecule has 0 aliphatic carbocycles. The number of hydrogen-bond acceptors (Lipinski definition) is 8. The smallest absolute Gasteiger partial charge is 0.410 e. The molecule has 2 amide bonds. The summed E-state index contributed by atoms with van der Waals surface area (Å²) in [7, 11) is -3.72. The number of alkyl carbamates (subject to hydrolysis) is 1. The first-order valence-corrected chi connectivity index (χ1v) is 12.2. The second kappa shape index (κ2) is 9.63. The Morgan fingerprint density at radius 1 is 1.22 bits per heavy atom. The molecule has 32 heavy (non-hydrogen) atoms. The second-order valence-corrected chi connectivity index (χ2v) is 10.5. The predicted octanol–water partition coefficient (Wildman–Crippen LogP) is 2.03. The molecule has 0 aromatic heterocycles. The number of ether oxygens (including phenoxy) is 3. The Hall–Kier alpha value is -2.37. The molecule has 2 fully saturated rings. The number of nitrogens with one attached hydrogen (secondary N) is 1. The maximum absolute atomic E-state index is 12.7. The summed E-state index contributed by atoms with van der Waals surface area (Å²) in [4.78, 5) is 26.8. The summed E-state index contributed by atoms with van der Waals surface area (Å²) in [6, 6.07) is 7.90. The van der Waals surface area contributed by atoms with E-state index in [0.717, 1.165) is 11.8 Å². The molecule has 0 radical (unpaired) electrons. The summed E-state index contributed by atoms with van der Waals surface area (Å²) in [5.41, 5.74) is 0.127. The Balaban J connectivity index is 1.72. The van der Waals surface area contributed by atoms with Gasteiger partial charge in [-0.05, 0) is 32.8 Å². The van der Waals surface area contributed by atoms with Gasteiger partial charge in [0, 0.05) is 6.54 Å². The Morgan fingerprint density at radius 2 is 1.91 bits per heavy atom. The zero-order valence-corrected chi connectivity index (χ0v) is 19.5. The molecule has 2 saturated heterocycles. The van der Waals surface area contributed by atoms with Gasteiger partial charge in [0.1, 0.15) is 18.3 Å². The molecule has 2 aliphatic rings. The third-order valence-corrected chi connectivity index (χ3v) is 5.65. The van der Waals surface area contributed by atoms with Crippen LogP contribution in [0.4, 0.5) is 9.59 Å². The largest absolute Gasteiger partial charge is 0.445 e. The summed E-state index contributed by atoms with van der Waals surface area (Å²) < 4.78 is 44.6. The van der Waals surface area contributed by atoms with Crippen molar-refractivity contribution in [2.75, 3.05) is 19.4 Å². The molecule has 10 nitrogen and oxygen atoms in total. The van der Waals surface area contributed by atoms with Crippen LogP contribution in [-0.4, -0.2) is 74.8 Å². The molecule has 178 valence electrons. The molecule has 0 saturated carbocycles. The van der Waals surface area contributed by atoms with Gasteiger partial charge in [-0.2, -0.15) is 8.42 Å². The van der Waals surface area contributed by atoms with Crippen LogP contribution in [0.5, 0.6) is 0 Å². The van der Waals surface area contributed by atoms with E-state index >= 15 is 0 Å². The van der Waals surface area contributed by atoms with Crippen LogP contribution in [0.15, 0.2) is 30.3 Å². The average Bonchev–Trinajstić information content (AvgIpc) is 3.24. The van der Waals surface area contributed by atoms with E-state index in [1.54, 1.807) is 20.8 Å². The predicted molar refractivity (Wildman–Crippen MR) is 114 cm³/mol. The average molecular weight is 471 g/mol. The van der Waals surface area contributed by atoms with Gasteiger partial charge in [0.25, 0.3) is 10.1 Å². The van der Waals surface area contributed by atoms with E-state index in [1.807, 2.05) is 30.3 Å². The quantitative estimate of drug-likeness (QED) is 0.627. The standard InChI is InChI=1S/C21H30N2O8S/c1-21(2,3)31-20(25)23-11-10-15-18(23)17(16(30-15)13-29-32(4,26)27)22-19(24)28-12-14-8-6-5-7-9-14/h5-9,15-18H,10-13H2,1-4H3,(H,22,24)/t15-,16+,17-,18+/m0/s1. The van der Waals surface area contributed by atoms with Gasteiger partial charge in [-0.15, -0.1) is 0 Å². The van der Waals surface area contributed by atoms with Crippen molar-refractivity contribution in [3.05, 3.63) is 35.9 Å². The van der Waals surface area contributed by atoms with Crippen molar-refractivity contribution in [2.24, 2.45) is 0 Å². The zero-order valence-electron chi connectivity index (χ0n) is 18.6. The number of carbonyl (C=O) groups excluding carboxylic acids is 2. The summed E-state index contributed by atoms with van der Waals surface area (Å²) in [5.74, 6) is 0. The minimum absolute atomic E-state index is 0.0641. The molecular formula is C21H30N2O8S. The van der Waals surface area contributed by atoms with Gasteiger partial charge < -0.3 is 24.4 Å². The Morgan fingerprint density at radius 3 is 2.53 bits per heavy atom. The molecule has 0 spiro atoms. The molecule has 2 heterocycles.